The molecule has 2 aliphatic heterocycles. The van der Waals surface area contributed by atoms with Crippen LogP contribution in [-0.2, 0) is 9.47 Å². The Morgan fingerprint density at radius 2 is 2.09 bits per heavy atom. The zero-order chi connectivity index (χ0) is 16.8. The molecular formula is C14H17F5N2O2. The van der Waals surface area contributed by atoms with Gasteiger partial charge in [0.05, 0.1) is 24.9 Å². The molecule has 0 N–H and O–H groups in total. The molecule has 0 spiro atoms. The minimum Gasteiger partial charge on any atom is -0.457 e. The summed E-state index contributed by atoms with van der Waals surface area (Å²) in [6.45, 7) is 0.446. The monoisotopic (exact) mass is 340 g/mol. The lowest BCUT2D eigenvalue weighted by Crippen LogP contribution is -2.42. The van der Waals surface area contributed by atoms with E-state index < -0.39 is 24.8 Å². The molecule has 0 aromatic carbocycles. The Morgan fingerprint density at radius 3 is 2.78 bits per heavy atom. The van der Waals surface area contributed by atoms with Gasteiger partial charge in [0.25, 0.3) is 6.02 Å². The molecule has 9 heteroatoms. The first-order valence-electron chi connectivity index (χ1n) is 7.43. The molecule has 2 heterocycles. The van der Waals surface area contributed by atoms with Gasteiger partial charge in [-0.1, -0.05) is 13.0 Å². The highest BCUT2D eigenvalue weighted by Crippen LogP contribution is 2.38. The zero-order valence-electron chi connectivity index (χ0n) is 12.4. The lowest BCUT2D eigenvalue weighted by atomic mass is 9.88. The van der Waals surface area contributed by atoms with Crippen LogP contribution in [0.1, 0.15) is 19.8 Å². The summed E-state index contributed by atoms with van der Waals surface area (Å²) < 4.78 is 71.8. The van der Waals surface area contributed by atoms with Crippen molar-refractivity contribution >= 4 is 6.02 Å². The number of aliphatic imine (C=N–C) groups is 1. The van der Waals surface area contributed by atoms with Gasteiger partial charge in [0, 0.05) is 0 Å². The number of fused-ring (bicyclic) bond motifs is 3. The summed E-state index contributed by atoms with van der Waals surface area (Å²) >= 11 is 0. The average molecular weight is 340 g/mol. The second kappa shape index (κ2) is 5.61. The van der Waals surface area contributed by atoms with E-state index in [2.05, 4.69) is 22.7 Å². The summed E-state index contributed by atoms with van der Waals surface area (Å²) in [6.07, 6.45) is -2.17. The number of nitrogens with zero attached hydrogens (tertiary/aromatic N) is 2. The smallest absolute Gasteiger partial charge is 0.455 e. The number of allylic oxidation sites excluding steroid dienone is 1. The fourth-order valence-corrected chi connectivity index (χ4v) is 3.12. The molecule has 0 radical (unpaired) electrons. The first kappa shape index (κ1) is 16.5. The van der Waals surface area contributed by atoms with Crippen molar-refractivity contribution in [1.82, 2.24) is 4.90 Å². The molecule has 3 atom stereocenters. The van der Waals surface area contributed by atoms with E-state index in [9.17, 15) is 22.0 Å². The summed E-state index contributed by atoms with van der Waals surface area (Å²) in [6, 6.07) is 0.506. The van der Waals surface area contributed by atoms with Crippen LogP contribution in [0.4, 0.5) is 22.0 Å². The van der Waals surface area contributed by atoms with Crippen LogP contribution < -0.4 is 0 Å². The zero-order valence-corrected chi connectivity index (χ0v) is 12.4. The SMILES string of the molecule is CC1CCC=C2N=C3OC(COCC(F)(F)C(F)(F)F)CN3C21. The molecule has 0 saturated carbocycles. The molecule has 3 rings (SSSR count). The second-order valence-corrected chi connectivity index (χ2v) is 6.13. The normalized spacial score (nSPS) is 30.5. The Morgan fingerprint density at radius 1 is 1.35 bits per heavy atom. The van der Waals surface area contributed by atoms with E-state index in [4.69, 9.17) is 4.74 Å². The number of hydrogen-bond acceptors (Lipinski definition) is 4. The van der Waals surface area contributed by atoms with Crippen molar-refractivity contribution in [3.8, 4) is 0 Å². The van der Waals surface area contributed by atoms with E-state index in [1.165, 1.54) is 0 Å². The third-order valence-electron chi connectivity index (χ3n) is 4.30. The van der Waals surface area contributed by atoms with Gasteiger partial charge < -0.3 is 14.4 Å². The van der Waals surface area contributed by atoms with E-state index >= 15 is 0 Å². The van der Waals surface area contributed by atoms with Crippen LogP contribution in [0.3, 0.4) is 0 Å². The number of rotatable bonds is 4. The van der Waals surface area contributed by atoms with Gasteiger partial charge in [0.1, 0.15) is 12.7 Å². The second-order valence-electron chi connectivity index (χ2n) is 6.13. The summed E-state index contributed by atoms with van der Waals surface area (Å²) in [7, 11) is 0. The maximum absolute atomic E-state index is 12.8. The molecule has 3 aliphatic rings. The standard InChI is InChI=1S/C14H17F5N2O2/c1-8-3-2-4-10-11(8)21-5-9(23-12(21)20-10)6-22-7-13(15,16)14(17,18)19/h4,8-9,11H,2-3,5-7H2,1H3. The lowest BCUT2D eigenvalue weighted by Gasteiger charge is -2.30. The Kier molecular flexibility index (Phi) is 4.02. The molecule has 3 unspecified atom stereocenters. The van der Waals surface area contributed by atoms with Gasteiger partial charge in [-0.2, -0.15) is 22.0 Å². The van der Waals surface area contributed by atoms with E-state index in [1.54, 1.807) is 0 Å². The van der Waals surface area contributed by atoms with Crippen molar-refractivity contribution in [2.24, 2.45) is 10.9 Å². The minimum absolute atomic E-state index is 0.0976. The Labute approximate surface area is 129 Å². The van der Waals surface area contributed by atoms with Gasteiger partial charge in [-0.3, -0.25) is 0 Å². The number of hydrogen-bond donors (Lipinski definition) is 0. The minimum atomic E-state index is -5.61. The van der Waals surface area contributed by atoms with E-state index in [0.29, 0.717) is 18.5 Å². The van der Waals surface area contributed by atoms with Crippen molar-refractivity contribution in [3.05, 3.63) is 11.8 Å². The van der Waals surface area contributed by atoms with Crippen LogP contribution in [0.5, 0.6) is 0 Å². The van der Waals surface area contributed by atoms with E-state index in [-0.39, 0.29) is 12.6 Å². The molecule has 0 amide bonds. The highest BCUT2D eigenvalue weighted by molar-refractivity contribution is 5.81. The Hall–Kier alpha value is -1.38. The maximum Gasteiger partial charge on any atom is 0.455 e. The number of amidine groups is 1. The highest BCUT2D eigenvalue weighted by Gasteiger charge is 2.57. The fraction of sp³-hybridized carbons (Fsp3) is 0.786. The average Bonchev–Trinajstić information content (AvgIpc) is 2.94. The van der Waals surface area contributed by atoms with Gasteiger partial charge in [-0.25, -0.2) is 4.99 Å². The van der Waals surface area contributed by atoms with E-state index in [1.807, 2.05) is 4.90 Å². The number of alkyl halides is 5. The van der Waals surface area contributed by atoms with Crippen molar-refractivity contribution in [2.75, 3.05) is 19.8 Å². The van der Waals surface area contributed by atoms with Gasteiger partial charge in [-0.15, -0.1) is 0 Å². The molecule has 4 nitrogen and oxygen atoms in total. The summed E-state index contributed by atoms with van der Waals surface area (Å²) in [5, 5.41) is 0. The van der Waals surface area contributed by atoms with Crippen molar-refractivity contribution in [3.63, 3.8) is 0 Å². The van der Waals surface area contributed by atoms with Crippen LogP contribution in [-0.4, -0.2) is 54.9 Å². The Balaban J connectivity index is 1.54. The third-order valence-corrected chi connectivity index (χ3v) is 4.30. The van der Waals surface area contributed by atoms with Crippen LogP contribution in [0.25, 0.3) is 0 Å². The van der Waals surface area contributed by atoms with Crippen molar-refractivity contribution < 1.29 is 31.4 Å². The van der Waals surface area contributed by atoms with Crippen LogP contribution >= 0.6 is 0 Å². The molecule has 0 aromatic rings. The van der Waals surface area contributed by atoms with Gasteiger partial charge in [-0.05, 0) is 18.8 Å². The van der Waals surface area contributed by atoms with E-state index in [0.717, 1.165) is 18.5 Å². The molecule has 1 fully saturated rings. The largest absolute Gasteiger partial charge is 0.457 e. The summed E-state index contributed by atoms with van der Waals surface area (Å²) in [4.78, 5) is 6.30. The molecule has 23 heavy (non-hydrogen) atoms. The molecule has 0 bridgehead atoms. The topological polar surface area (TPSA) is 34.1 Å². The first-order valence-corrected chi connectivity index (χ1v) is 7.43. The summed E-state index contributed by atoms with van der Waals surface area (Å²) in [5.41, 5.74) is 0.946. The highest BCUT2D eigenvalue weighted by atomic mass is 19.4. The Bertz CT molecular complexity index is 532. The first-order chi connectivity index (χ1) is 10.7. The van der Waals surface area contributed by atoms with Gasteiger partial charge in [0.15, 0.2) is 0 Å². The van der Waals surface area contributed by atoms with Gasteiger partial charge >= 0.3 is 12.1 Å². The van der Waals surface area contributed by atoms with Crippen LogP contribution in [0.15, 0.2) is 16.8 Å². The predicted octanol–water partition coefficient (Wildman–Crippen LogP) is 2.95. The molecule has 130 valence electrons. The third kappa shape index (κ3) is 3.02. The fourth-order valence-electron chi connectivity index (χ4n) is 3.12. The predicted molar refractivity (Wildman–Crippen MR) is 71.1 cm³/mol. The van der Waals surface area contributed by atoms with Crippen molar-refractivity contribution in [1.29, 1.82) is 0 Å². The lowest BCUT2D eigenvalue weighted by molar-refractivity contribution is -0.297. The molecular weight excluding hydrogens is 323 g/mol. The number of halogens is 5. The van der Waals surface area contributed by atoms with Gasteiger partial charge in [0.2, 0.25) is 0 Å². The number of ether oxygens (including phenoxy) is 2. The van der Waals surface area contributed by atoms with Crippen LogP contribution in [0, 0.1) is 5.92 Å². The molecule has 1 saturated heterocycles. The maximum atomic E-state index is 12.8. The summed E-state index contributed by atoms with van der Waals surface area (Å²) in [5.74, 6) is -4.47. The molecule has 0 aromatic heterocycles. The quantitative estimate of drug-likeness (QED) is 0.738. The van der Waals surface area contributed by atoms with Crippen molar-refractivity contribution in [2.45, 2.75) is 44.0 Å². The molecule has 1 aliphatic carbocycles. The van der Waals surface area contributed by atoms with Crippen LogP contribution in [0.2, 0.25) is 0 Å².